The van der Waals surface area contributed by atoms with Crippen LogP contribution in [-0.2, 0) is 14.4 Å². The molecule has 6 heteroatoms. The highest BCUT2D eigenvalue weighted by Crippen LogP contribution is 2.17. The summed E-state index contributed by atoms with van der Waals surface area (Å²) in [5, 5.41) is 4.66. The van der Waals surface area contributed by atoms with E-state index in [-0.39, 0.29) is 30.2 Å². The molecular formula is C16H14N2O4. The van der Waals surface area contributed by atoms with Crippen LogP contribution in [0.25, 0.3) is 10.9 Å². The van der Waals surface area contributed by atoms with Crippen molar-refractivity contribution in [2.24, 2.45) is 5.16 Å². The van der Waals surface area contributed by atoms with E-state index in [9.17, 15) is 9.59 Å². The van der Waals surface area contributed by atoms with Crippen molar-refractivity contribution in [2.75, 3.05) is 6.61 Å². The third-order valence-corrected chi connectivity index (χ3v) is 3.31. The highest BCUT2D eigenvalue weighted by molar-refractivity contribution is 6.46. The second-order valence-corrected chi connectivity index (χ2v) is 4.81. The predicted molar refractivity (Wildman–Crippen MR) is 79.6 cm³/mol. The van der Waals surface area contributed by atoms with Gasteiger partial charge in [-0.15, -0.1) is 0 Å². The third kappa shape index (κ3) is 2.67. The maximum atomic E-state index is 12.4. The molecular weight excluding hydrogens is 284 g/mol. The maximum Gasteiger partial charge on any atom is 0.350 e. The number of oxime groups is 1. The molecule has 2 heterocycles. The molecule has 0 amide bonds. The fourth-order valence-corrected chi connectivity index (χ4v) is 2.21. The van der Waals surface area contributed by atoms with Gasteiger partial charge in [-0.25, -0.2) is 9.78 Å². The van der Waals surface area contributed by atoms with E-state index in [4.69, 9.17) is 9.57 Å². The standard InChI is InChI=1S/C16H14N2O4/c1-2-21-16(20)14-9-13(18-22-14)15(19)12-8-7-10-5-3-4-6-11(10)17-12/h3-8,14H,2,9H2,1H3. The summed E-state index contributed by atoms with van der Waals surface area (Å²) < 4.78 is 4.85. The van der Waals surface area contributed by atoms with Crippen LogP contribution in [0, 0.1) is 0 Å². The van der Waals surface area contributed by atoms with E-state index in [1.165, 1.54) is 0 Å². The predicted octanol–water partition coefficient (Wildman–Crippen LogP) is 2.13. The van der Waals surface area contributed by atoms with Crippen LogP contribution in [0.5, 0.6) is 0 Å². The second kappa shape index (κ2) is 5.93. The fourth-order valence-electron chi connectivity index (χ4n) is 2.21. The summed E-state index contributed by atoms with van der Waals surface area (Å²) in [6.45, 7) is 1.97. The van der Waals surface area contributed by atoms with E-state index in [1.807, 2.05) is 30.3 Å². The number of para-hydroxylation sites is 1. The number of esters is 1. The minimum atomic E-state index is -0.848. The van der Waals surface area contributed by atoms with Crippen LogP contribution >= 0.6 is 0 Å². The molecule has 2 aromatic rings. The van der Waals surface area contributed by atoms with Gasteiger partial charge in [0.05, 0.1) is 12.1 Å². The lowest BCUT2D eigenvalue weighted by molar-refractivity contribution is -0.154. The number of carbonyl (C=O) groups is 2. The smallest absolute Gasteiger partial charge is 0.350 e. The van der Waals surface area contributed by atoms with Crippen LogP contribution < -0.4 is 0 Å². The van der Waals surface area contributed by atoms with Crippen molar-refractivity contribution >= 4 is 28.4 Å². The first-order valence-electron chi connectivity index (χ1n) is 6.99. The number of nitrogens with zero attached hydrogens (tertiary/aromatic N) is 2. The summed E-state index contributed by atoms with van der Waals surface area (Å²) in [6.07, 6.45) is -0.744. The minimum absolute atomic E-state index is 0.103. The SMILES string of the molecule is CCOC(=O)C1CC(C(=O)c2ccc3ccccc3n2)=NO1. The van der Waals surface area contributed by atoms with Gasteiger partial charge in [0, 0.05) is 11.8 Å². The molecule has 1 aliphatic rings. The molecule has 3 rings (SSSR count). The molecule has 0 spiro atoms. The van der Waals surface area contributed by atoms with Crippen molar-refractivity contribution in [2.45, 2.75) is 19.4 Å². The molecule has 6 nitrogen and oxygen atoms in total. The fraction of sp³-hybridized carbons (Fsp3) is 0.250. The van der Waals surface area contributed by atoms with Gasteiger partial charge < -0.3 is 9.57 Å². The third-order valence-electron chi connectivity index (χ3n) is 3.31. The lowest BCUT2D eigenvalue weighted by Crippen LogP contribution is -2.25. The summed E-state index contributed by atoms with van der Waals surface area (Å²) in [6, 6.07) is 11.0. The van der Waals surface area contributed by atoms with E-state index in [2.05, 4.69) is 10.1 Å². The summed E-state index contributed by atoms with van der Waals surface area (Å²) >= 11 is 0. The van der Waals surface area contributed by atoms with Crippen molar-refractivity contribution in [1.82, 2.24) is 4.98 Å². The van der Waals surface area contributed by atoms with E-state index in [0.29, 0.717) is 0 Å². The number of benzene rings is 1. The molecule has 0 N–H and O–H groups in total. The number of pyridine rings is 1. The minimum Gasteiger partial charge on any atom is -0.463 e. The van der Waals surface area contributed by atoms with E-state index < -0.39 is 12.1 Å². The molecule has 1 aliphatic heterocycles. The van der Waals surface area contributed by atoms with Crippen molar-refractivity contribution in [3.8, 4) is 0 Å². The Morgan fingerprint density at radius 2 is 2.09 bits per heavy atom. The van der Waals surface area contributed by atoms with E-state index in [0.717, 1.165) is 10.9 Å². The Bertz CT molecular complexity index is 770. The van der Waals surface area contributed by atoms with Gasteiger partial charge in [0.1, 0.15) is 11.4 Å². The van der Waals surface area contributed by atoms with Crippen LogP contribution in [0.3, 0.4) is 0 Å². The Morgan fingerprint density at radius 3 is 2.91 bits per heavy atom. The summed E-state index contributed by atoms with van der Waals surface area (Å²) in [5.41, 5.74) is 1.20. The Morgan fingerprint density at radius 1 is 1.27 bits per heavy atom. The van der Waals surface area contributed by atoms with Crippen LogP contribution in [0.15, 0.2) is 41.6 Å². The average Bonchev–Trinajstić information content (AvgIpc) is 3.04. The van der Waals surface area contributed by atoms with Crippen molar-refractivity contribution in [1.29, 1.82) is 0 Å². The number of rotatable bonds is 4. The molecule has 1 aromatic heterocycles. The number of ether oxygens (including phenoxy) is 1. The molecule has 0 aliphatic carbocycles. The van der Waals surface area contributed by atoms with Crippen molar-refractivity contribution in [3.63, 3.8) is 0 Å². The average molecular weight is 298 g/mol. The zero-order chi connectivity index (χ0) is 15.5. The topological polar surface area (TPSA) is 77.9 Å². The molecule has 112 valence electrons. The normalized spacial score (nSPS) is 17.0. The highest BCUT2D eigenvalue weighted by atomic mass is 16.7. The van der Waals surface area contributed by atoms with Crippen LogP contribution in [-0.4, -0.2) is 35.2 Å². The van der Waals surface area contributed by atoms with Gasteiger partial charge in [-0.1, -0.05) is 29.4 Å². The number of fused-ring (bicyclic) bond motifs is 1. The van der Waals surface area contributed by atoms with Gasteiger partial charge in [-0.3, -0.25) is 4.79 Å². The number of hydrogen-bond acceptors (Lipinski definition) is 6. The molecule has 0 saturated carbocycles. The molecule has 1 unspecified atom stereocenters. The lowest BCUT2D eigenvalue weighted by Gasteiger charge is -2.06. The molecule has 0 saturated heterocycles. The summed E-state index contributed by atoms with van der Waals surface area (Å²) in [5.74, 6) is -0.849. The van der Waals surface area contributed by atoms with Gasteiger partial charge in [-0.05, 0) is 19.1 Å². The first kappa shape index (κ1) is 14.2. The highest BCUT2D eigenvalue weighted by Gasteiger charge is 2.33. The summed E-state index contributed by atoms with van der Waals surface area (Å²) in [7, 11) is 0. The molecule has 0 radical (unpaired) electrons. The lowest BCUT2D eigenvalue weighted by atomic mass is 10.1. The van der Waals surface area contributed by atoms with Crippen molar-refractivity contribution < 1.29 is 19.2 Å². The molecule has 1 atom stereocenters. The first-order chi connectivity index (χ1) is 10.7. The van der Waals surface area contributed by atoms with Gasteiger partial charge in [-0.2, -0.15) is 0 Å². The first-order valence-corrected chi connectivity index (χ1v) is 6.99. The number of carbonyl (C=O) groups excluding carboxylic acids is 2. The Labute approximate surface area is 126 Å². The van der Waals surface area contributed by atoms with Crippen molar-refractivity contribution in [3.05, 3.63) is 42.1 Å². The van der Waals surface area contributed by atoms with E-state index >= 15 is 0 Å². The quantitative estimate of drug-likeness (QED) is 0.638. The molecule has 0 fully saturated rings. The Kier molecular flexibility index (Phi) is 3.82. The van der Waals surface area contributed by atoms with Gasteiger partial charge in [0.15, 0.2) is 0 Å². The van der Waals surface area contributed by atoms with Crippen LogP contribution in [0.4, 0.5) is 0 Å². The second-order valence-electron chi connectivity index (χ2n) is 4.81. The van der Waals surface area contributed by atoms with Gasteiger partial charge in [0.2, 0.25) is 11.9 Å². The Balaban J connectivity index is 1.77. The zero-order valence-electron chi connectivity index (χ0n) is 12.0. The molecule has 1 aromatic carbocycles. The number of aromatic nitrogens is 1. The number of ketones is 1. The number of Topliss-reactive ketones (excluding diaryl/α,β-unsaturated/α-hetero) is 1. The summed E-state index contributed by atoms with van der Waals surface area (Å²) in [4.78, 5) is 33.3. The van der Waals surface area contributed by atoms with Gasteiger partial charge >= 0.3 is 5.97 Å². The van der Waals surface area contributed by atoms with E-state index in [1.54, 1.807) is 13.0 Å². The number of hydrogen-bond donors (Lipinski definition) is 0. The monoisotopic (exact) mass is 298 g/mol. The van der Waals surface area contributed by atoms with Crippen LogP contribution in [0.1, 0.15) is 23.8 Å². The van der Waals surface area contributed by atoms with Crippen LogP contribution in [0.2, 0.25) is 0 Å². The largest absolute Gasteiger partial charge is 0.463 e. The Hall–Kier alpha value is -2.76. The molecule has 22 heavy (non-hydrogen) atoms. The maximum absolute atomic E-state index is 12.4. The van der Waals surface area contributed by atoms with Gasteiger partial charge in [0.25, 0.3) is 0 Å². The molecule has 0 bridgehead atoms. The zero-order valence-corrected chi connectivity index (χ0v) is 12.0.